The summed E-state index contributed by atoms with van der Waals surface area (Å²) in [5.74, 6) is -0.897. The van der Waals surface area contributed by atoms with Crippen molar-refractivity contribution in [1.29, 1.82) is 0 Å². The average Bonchev–Trinajstić information content (AvgIpc) is 2.90. The zero-order chi connectivity index (χ0) is 27.9. The SMILES string of the molecule is CC[C@H](C)NC(=O)[C@@H](C)N(Cc1cccc(Cl)c1)C(=O)CN(c1cccc(Cl)c1)S(=O)(=O)c1ccccc1. The Morgan fingerprint density at radius 3 is 2.13 bits per heavy atom. The fourth-order valence-electron chi connectivity index (χ4n) is 3.76. The van der Waals surface area contributed by atoms with E-state index in [0.717, 1.165) is 10.7 Å². The van der Waals surface area contributed by atoms with Crippen LogP contribution in [0, 0.1) is 0 Å². The number of nitrogens with one attached hydrogen (secondary N) is 1. The standard InChI is InChI=1S/C28H31Cl2N3O4S/c1-4-20(2)31-28(35)21(3)32(18-22-10-8-11-23(29)16-22)27(34)19-33(25-13-9-12-24(30)17-25)38(36,37)26-14-6-5-7-15-26/h5-17,20-21H,4,18-19H2,1-3H3,(H,31,35)/t20-,21+/m0/s1. The molecule has 0 saturated heterocycles. The van der Waals surface area contributed by atoms with E-state index in [1.165, 1.54) is 23.1 Å². The number of benzene rings is 3. The van der Waals surface area contributed by atoms with Crippen LogP contribution in [-0.4, -0.2) is 43.8 Å². The van der Waals surface area contributed by atoms with Gasteiger partial charge in [0.2, 0.25) is 11.8 Å². The van der Waals surface area contributed by atoms with Crippen LogP contribution in [0.1, 0.15) is 32.8 Å². The van der Waals surface area contributed by atoms with Crippen LogP contribution in [-0.2, 0) is 26.2 Å². The predicted molar refractivity (Wildman–Crippen MR) is 152 cm³/mol. The first-order chi connectivity index (χ1) is 18.0. The van der Waals surface area contributed by atoms with Gasteiger partial charge in [0.1, 0.15) is 12.6 Å². The number of anilines is 1. The normalized spacial score (nSPS) is 12.9. The Labute approximate surface area is 234 Å². The number of carbonyl (C=O) groups is 2. The van der Waals surface area contributed by atoms with Gasteiger partial charge >= 0.3 is 0 Å². The van der Waals surface area contributed by atoms with Gasteiger partial charge in [0.15, 0.2) is 0 Å². The molecule has 0 aliphatic heterocycles. The number of hydrogen-bond donors (Lipinski definition) is 1. The molecule has 1 N–H and O–H groups in total. The molecule has 0 unspecified atom stereocenters. The molecule has 3 aromatic carbocycles. The van der Waals surface area contributed by atoms with Gasteiger partial charge in [0.05, 0.1) is 10.6 Å². The number of sulfonamides is 1. The molecule has 10 heteroatoms. The molecule has 0 spiro atoms. The van der Waals surface area contributed by atoms with Crippen molar-refractivity contribution in [3.8, 4) is 0 Å². The summed E-state index contributed by atoms with van der Waals surface area (Å²) in [6, 6.07) is 20.1. The molecule has 0 saturated carbocycles. The van der Waals surface area contributed by atoms with E-state index >= 15 is 0 Å². The van der Waals surface area contributed by atoms with Crippen LogP contribution >= 0.6 is 23.2 Å². The monoisotopic (exact) mass is 575 g/mol. The van der Waals surface area contributed by atoms with E-state index in [0.29, 0.717) is 15.6 Å². The second kappa shape index (κ2) is 13.1. The van der Waals surface area contributed by atoms with Crippen LogP contribution in [0.15, 0.2) is 83.8 Å². The lowest BCUT2D eigenvalue weighted by atomic mass is 10.1. The third kappa shape index (κ3) is 7.49. The highest BCUT2D eigenvalue weighted by Crippen LogP contribution is 2.27. The summed E-state index contributed by atoms with van der Waals surface area (Å²) in [5, 5.41) is 3.71. The zero-order valence-electron chi connectivity index (χ0n) is 21.5. The van der Waals surface area contributed by atoms with Crippen LogP contribution < -0.4 is 9.62 Å². The average molecular weight is 577 g/mol. The second-order valence-electron chi connectivity index (χ2n) is 8.95. The molecular weight excluding hydrogens is 545 g/mol. The minimum Gasteiger partial charge on any atom is -0.352 e. The summed E-state index contributed by atoms with van der Waals surface area (Å²) in [7, 11) is -4.14. The molecule has 2 atom stereocenters. The maximum Gasteiger partial charge on any atom is 0.264 e. The molecule has 0 aromatic heterocycles. The topological polar surface area (TPSA) is 86.8 Å². The smallest absolute Gasteiger partial charge is 0.264 e. The first-order valence-corrected chi connectivity index (χ1v) is 14.4. The van der Waals surface area contributed by atoms with Gasteiger partial charge in [-0.3, -0.25) is 13.9 Å². The van der Waals surface area contributed by atoms with Gasteiger partial charge in [0.25, 0.3) is 10.0 Å². The van der Waals surface area contributed by atoms with Crippen molar-refractivity contribution in [2.75, 3.05) is 10.8 Å². The molecule has 0 radical (unpaired) electrons. The molecule has 0 aliphatic carbocycles. The molecule has 3 rings (SSSR count). The van der Waals surface area contributed by atoms with Gasteiger partial charge in [-0.05, 0) is 68.3 Å². The zero-order valence-corrected chi connectivity index (χ0v) is 23.8. The van der Waals surface area contributed by atoms with E-state index in [4.69, 9.17) is 23.2 Å². The third-order valence-corrected chi connectivity index (χ3v) is 8.37. The Bertz CT molecular complexity index is 1370. The number of nitrogens with zero attached hydrogens (tertiary/aromatic N) is 2. The Balaban J connectivity index is 2.02. The highest BCUT2D eigenvalue weighted by Gasteiger charge is 2.32. The molecule has 7 nitrogen and oxygen atoms in total. The van der Waals surface area contributed by atoms with Crippen LogP contribution in [0.3, 0.4) is 0 Å². The quantitative estimate of drug-likeness (QED) is 0.326. The van der Waals surface area contributed by atoms with Crippen molar-refractivity contribution in [1.82, 2.24) is 10.2 Å². The van der Waals surface area contributed by atoms with Crippen molar-refractivity contribution in [2.45, 2.75) is 50.7 Å². The first-order valence-electron chi connectivity index (χ1n) is 12.2. The summed E-state index contributed by atoms with van der Waals surface area (Å²) in [5.41, 5.74) is 0.934. The Hall–Kier alpha value is -3.07. The number of rotatable bonds is 11. The second-order valence-corrected chi connectivity index (χ2v) is 11.7. The van der Waals surface area contributed by atoms with Gasteiger partial charge < -0.3 is 10.2 Å². The Morgan fingerprint density at radius 2 is 1.53 bits per heavy atom. The van der Waals surface area contributed by atoms with Crippen LogP contribution in [0.2, 0.25) is 10.0 Å². The van der Waals surface area contributed by atoms with Crippen molar-refractivity contribution in [2.24, 2.45) is 0 Å². The summed E-state index contributed by atoms with van der Waals surface area (Å²) >= 11 is 12.3. The van der Waals surface area contributed by atoms with E-state index in [9.17, 15) is 18.0 Å². The van der Waals surface area contributed by atoms with Crippen LogP contribution in [0.5, 0.6) is 0 Å². The molecule has 0 heterocycles. The van der Waals surface area contributed by atoms with Gasteiger partial charge in [-0.15, -0.1) is 0 Å². The molecule has 3 aromatic rings. The molecule has 38 heavy (non-hydrogen) atoms. The van der Waals surface area contributed by atoms with Gasteiger partial charge in [-0.25, -0.2) is 8.42 Å². The lowest BCUT2D eigenvalue weighted by Gasteiger charge is -2.32. The molecule has 202 valence electrons. The maximum absolute atomic E-state index is 13.9. The van der Waals surface area contributed by atoms with Gasteiger partial charge in [0, 0.05) is 22.6 Å². The van der Waals surface area contributed by atoms with E-state index in [1.807, 2.05) is 13.8 Å². The van der Waals surface area contributed by atoms with Crippen molar-refractivity contribution in [3.05, 3.63) is 94.5 Å². The van der Waals surface area contributed by atoms with E-state index < -0.39 is 28.5 Å². The molecular formula is C28H31Cl2N3O4S. The molecule has 2 amide bonds. The molecule has 0 bridgehead atoms. The number of amides is 2. The third-order valence-electron chi connectivity index (χ3n) is 6.12. The summed E-state index contributed by atoms with van der Waals surface area (Å²) in [6.45, 7) is 4.96. The Kier molecular flexibility index (Phi) is 10.2. The largest absolute Gasteiger partial charge is 0.352 e. The summed E-state index contributed by atoms with van der Waals surface area (Å²) < 4.78 is 28.4. The van der Waals surface area contributed by atoms with Crippen molar-refractivity contribution >= 4 is 50.7 Å². The lowest BCUT2D eigenvalue weighted by molar-refractivity contribution is -0.139. The highest BCUT2D eigenvalue weighted by atomic mass is 35.5. The van der Waals surface area contributed by atoms with E-state index in [-0.39, 0.29) is 29.1 Å². The lowest BCUT2D eigenvalue weighted by Crippen LogP contribution is -2.52. The highest BCUT2D eigenvalue weighted by molar-refractivity contribution is 7.92. The first kappa shape index (κ1) is 29.5. The number of halogens is 2. The maximum atomic E-state index is 13.9. The summed E-state index contributed by atoms with van der Waals surface area (Å²) in [6.07, 6.45) is 0.721. The van der Waals surface area contributed by atoms with E-state index in [1.54, 1.807) is 67.6 Å². The number of carbonyl (C=O) groups excluding carboxylic acids is 2. The van der Waals surface area contributed by atoms with Crippen LogP contribution in [0.25, 0.3) is 0 Å². The van der Waals surface area contributed by atoms with Crippen molar-refractivity contribution < 1.29 is 18.0 Å². The fourth-order valence-corrected chi connectivity index (χ4v) is 5.58. The minimum atomic E-state index is -4.14. The predicted octanol–water partition coefficient (Wildman–Crippen LogP) is 5.52. The van der Waals surface area contributed by atoms with Crippen LogP contribution in [0.4, 0.5) is 5.69 Å². The molecule has 0 aliphatic rings. The fraction of sp³-hybridized carbons (Fsp3) is 0.286. The van der Waals surface area contributed by atoms with E-state index in [2.05, 4.69) is 5.32 Å². The van der Waals surface area contributed by atoms with Gasteiger partial charge in [-0.2, -0.15) is 0 Å². The summed E-state index contributed by atoms with van der Waals surface area (Å²) in [4.78, 5) is 28.3. The minimum absolute atomic E-state index is 0.0247. The van der Waals surface area contributed by atoms with Crippen molar-refractivity contribution in [3.63, 3.8) is 0 Å². The van der Waals surface area contributed by atoms with Gasteiger partial charge in [-0.1, -0.05) is 66.5 Å². The Morgan fingerprint density at radius 1 is 0.895 bits per heavy atom. The number of hydrogen-bond acceptors (Lipinski definition) is 4. The molecule has 0 fully saturated rings.